The van der Waals surface area contributed by atoms with E-state index in [9.17, 15) is 9.90 Å². The molecule has 0 aliphatic carbocycles. The molecule has 1 N–H and O–H groups in total. The van der Waals surface area contributed by atoms with Gasteiger partial charge in [-0.1, -0.05) is 0 Å². The number of carboxylic acids is 1. The van der Waals surface area contributed by atoms with E-state index < -0.39 is 11.4 Å². The number of fused-ring (bicyclic) bond motifs is 2. The van der Waals surface area contributed by atoms with Crippen LogP contribution in [0.25, 0.3) is 0 Å². The Morgan fingerprint density at radius 2 is 1.81 bits per heavy atom. The lowest BCUT2D eigenvalue weighted by molar-refractivity contribution is -0.146. The number of benzene rings is 1. The van der Waals surface area contributed by atoms with Gasteiger partial charge in [-0.25, -0.2) is 0 Å². The maximum Gasteiger partial charge on any atom is 0.309 e. The van der Waals surface area contributed by atoms with Crippen molar-refractivity contribution in [1.29, 1.82) is 0 Å². The van der Waals surface area contributed by atoms with E-state index in [-0.39, 0.29) is 0 Å². The van der Waals surface area contributed by atoms with E-state index >= 15 is 0 Å². The molecule has 3 rings (SSSR count). The molecule has 1 aromatic carbocycles. The van der Waals surface area contributed by atoms with Gasteiger partial charge in [0.2, 0.25) is 0 Å². The summed E-state index contributed by atoms with van der Waals surface area (Å²) in [7, 11) is 1.64. The second-order valence-corrected chi connectivity index (χ2v) is 6.19. The molecule has 114 valence electrons. The third-order valence-corrected chi connectivity index (χ3v) is 4.27. The normalized spacial score (nSPS) is 16.0. The van der Waals surface area contributed by atoms with Crippen LogP contribution in [-0.4, -0.2) is 31.4 Å². The van der Waals surface area contributed by atoms with Crippen LogP contribution in [0.5, 0.6) is 17.2 Å². The summed E-state index contributed by atoms with van der Waals surface area (Å²) in [6, 6.07) is 0. The molecule has 0 spiro atoms. The second kappa shape index (κ2) is 4.83. The van der Waals surface area contributed by atoms with Gasteiger partial charge in [-0.05, 0) is 20.3 Å². The molecule has 0 aromatic heterocycles. The first-order valence-corrected chi connectivity index (χ1v) is 7.19. The fraction of sp³-hybridized carbons (Fsp3) is 0.562. The molecule has 0 saturated heterocycles. The minimum Gasteiger partial charge on any atom is -0.493 e. The molecule has 0 bridgehead atoms. The number of carboxylic acid groups (broad SMARTS) is 1. The van der Waals surface area contributed by atoms with Crippen molar-refractivity contribution in [1.82, 2.24) is 0 Å². The van der Waals surface area contributed by atoms with Gasteiger partial charge in [0.05, 0.1) is 25.7 Å². The van der Waals surface area contributed by atoms with Crippen LogP contribution >= 0.6 is 0 Å². The highest BCUT2D eigenvalue weighted by Crippen LogP contribution is 2.50. The molecule has 2 aliphatic rings. The summed E-state index contributed by atoms with van der Waals surface area (Å²) in [6.45, 7) is 4.69. The molecule has 0 saturated carbocycles. The first-order valence-electron chi connectivity index (χ1n) is 7.19. The Morgan fingerprint density at radius 3 is 2.43 bits per heavy atom. The lowest BCUT2D eigenvalue weighted by Gasteiger charge is -2.23. The molecule has 2 aliphatic heterocycles. The molecule has 0 amide bonds. The van der Waals surface area contributed by atoms with Crippen molar-refractivity contribution in [3.05, 3.63) is 16.7 Å². The highest BCUT2D eigenvalue weighted by molar-refractivity contribution is 5.75. The lowest BCUT2D eigenvalue weighted by Crippen LogP contribution is -2.27. The molecule has 0 unspecified atom stereocenters. The van der Waals surface area contributed by atoms with Crippen LogP contribution in [0.1, 0.15) is 30.5 Å². The third-order valence-electron chi connectivity index (χ3n) is 4.27. The number of carbonyl (C=O) groups is 1. The predicted molar refractivity (Wildman–Crippen MR) is 76.5 cm³/mol. The number of hydrogen-bond donors (Lipinski definition) is 1. The van der Waals surface area contributed by atoms with Crippen LogP contribution in [0.4, 0.5) is 0 Å². The molecule has 2 heterocycles. The zero-order valence-corrected chi connectivity index (χ0v) is 12.6. The zero-order valence-electron chi connectivity index (χ0n) is 12.6. The van der Waals surface area contributed by atoms with Gasteiger partial charge in [0.25, 0.3) is 0 Å². The Morgan fingerprint density at radius 1 is 1.19 bits per heavy atom. The fourth-order valence-corrected chi connectivity index (χ4v) is 3.08. The lowest BCUT2D eigenvalue weighted by atomic mass is 9.82. The van der Waals surface area contributed by atoms with Crippen molar-refractivity contribution in [2.75, 3.05) is 20.3 Å². The van der Waals surface area contributed by atoms with E-state index in [1.165, 1.54) is 0 Å². The van der Waals surface area contributed by atoms with E-state index in [0.29, 0.717) is 19.6 Å². The Bertz CT molecular complexity index is 568. The average molecular weight is 292 g/mol. The number of aliphatic carboxylic acids is 1. The maximum atomic E-state index is 11.5. The van der Waals surface area contributed by atoms with Crippen molar-refractivity contribution in [3.8, 4) is 17.2 Å². The Labute approximate surface area is 123 Å². The van der Waals surface area contributed by atoms with Crippen molar-refractivity contribution in [2.24, 2.45) is 5.41 Å². The van der Waals surface area contributed by atoms with Crippen LogP contribution in [0, 0.1) is 5.41 Å². The fourth-order valence-electron chi connectivity index (χ4n) is 3.08. The van der Waals surface area contributed by atoms with E-state index in [4.69, 9.17) is 14.2 Å². The summed E-state index contributed by atoms with van der Waals surface area (Å²) in [5, 5.41) is 9.40. The van der Waals surface area contributed by atoms with Gasteiger partial charge in [-0.15, -0.1) is 0 Å². The van der Waals surface area contributed by atoms with Crippen LogP contribution in [0.15, 0.2) is 0 Å². The summed E-state index contributed by atoms with van der Waals surface area (Å²) in [5.74, 6) is 1.54. The minimum absolute atomic E-state index is 0.431. The summed E-state index contributed by atoms with van der Waals surface area (Å²) in [5.41, 5.74) is 2.18. The largest absolute Gasteiger partial charge is 0.493 e. The van der Waals surface area contributed by atoms with E-state index in [1.54, 1.807) is 21.0 Å². The summed E-state index contributed by atoms with van der Waals surface area (Å²) in [6.07, 6.45) is 1.98. The van der Waals surface area contributed by atoms with Crippen molar-refractivity contribution < 1.29 is 24.1 Å². The van der Waals surface area contributed by atoms with Gasteiger partial charge in [0, 0.05) is 29.5 Å². The quantitative estimate of drug-likeness (QED) is 0.921. The Balaban J connectivity index is 2.15. The van der Waals surface area contributed by atoms with Crippen LogP contribution in [0.3, 0.4) is 0 Å². The van der Waals surface area contributed by atoms with E-state index in [1.807, 2.05) is 0 Å². The van der Waals surface area contributed by atoms with Crippen LogP contribution in [-0.2, 0) is 24.1 Å². The van der Waals surface area contributed by atoms with Crippen LogP contribution < -0.4 is 14.2 Å². The predicted octanol–water partition coefficient (Wildman–Crippen LogP) is 2.22. The molecule has 0 radical (unpaired) electrons. The van der Waals surface area contributed by atoms with Crippen molar-refractivity contribution in [3.63, 3.8) is 0 Å². The number of ether oxygens (including phenoxy) is 3. The van der Waals surface area contributed by atoms with Gasteiger partial charge in [-0.3, -0.25) is 4.79 Å². The zero-order chi connectivity index (χ0) is 15.2. The second-order valence-electron chi connectivity index (χ2n) is 6.19. The molecular weight excluding hydrogens is 272 g/mol. The number of hydrogen-bond acceptors (Lipinski definition) is 4. The van der Waals surface area contributed by atoms with E-state index in [0.717, 1.165) is 46.8 Å². The first kappa shape index (κ1) is 14.0. The van der Waals surface area contributed by atoms with E-state index in [2.05, 4.69) is 0 Å². The number of methoxy groups -OCH3 is 1. The van der Waals surface area contributed by atoms with Crippen molar-refractivity contribution >= 4 is 5.97 Å². The summed E-state index contributed by atoms with van der Waals surface area (Å²) in [4.78, 5) is 11.5. The first-order chi connectivity index (χ1) is 9.95. The summed E-state index contributed by atoms with van der Waals surface area (Å²) >= 11 is 0. The molecule has 5 nitrogen and oxygen atoms in total. The average Bonchev–Trinajstić information content (AvgIpc) is 3.06. The van der Waals surface area contributed by atoms with Gasteiger partial charge in [-0.2, -0.15) is 0 Å². The molecule has 1 aromatic rings. The smallest absolute Gasteiger partial charge is 0.309 e. The van der Waals surface area contributed by atoms with Gasteiger partial charge in [0.15, 0.2) is 11.5 Å². The minimum atomic E-state index is -0.843. The third kappa shape index (κ3) is 2.11. The molecule has 21 heavy (non-hydrogen) atoms. The highest BCUT2D eigenvalue weighted by Gasteiger charge is 2.36. The van der Waals surface area contributed by atoms with Crippen molar-refractivity contribution in [2.45, 2.75) is 33.1 Å². The molecule has 0 fully saturated rings. The van der Waals surface area contributed by atoms with Gasteiger partial charge in [0.1, 0.15) is 5.75 Å². The Hall–Kier alpha value is -1.91. The maximum absolute atomic E-state index is 11.5. The monoisotopic (exact) mass is 292 g/mol. The van der Waals surface area contributed by atoms with Gasteiger partial charge >= 0.3 is 5.97 Å². The number of rotatable bonds is 4. The Kier molecular flexibility index (Phi) is 3.23. The summed E-state index contributed by atoms with van der Waals surface area (Å²) < 4.78 is 17.0. The topological polar surface area (TPSA) is 65.0 Å². The SMILES string of the molecule is COc1c2c(c(CC(C)(C)C(=O)O)c3c1OCC3)OCC2. The standard InChI is InChI=1S/C16H20O5/c1-16(2,15(17)18)8-11-9-4-6-21-14(9)13(19-3)10-5-7-20-12(10)11/h4-8H2,1-3H3,(H,17,18). The molecular formula is C16H20O5. The van der Waals surface area contributed by atoms with Crippen LogP contribution in [0.2, 0.25) is 0 Å². The molecule has 5 heteroatoms. The highest BCUT2D eigenvalue weighted by atomic mass is 16.5. The van der Waals surface area contributed by atoms with Gasteiger partial charge < -0.3 is 19.3 Å². The molecule has 0 atom stereocenters.